The first-order valence-corrected chi connectivity index (χ1v) is 14.4. The Morgan fingerprint density at radius 3 is 2.61 bits per heavy atom. The summed E-state index contributed by atoms with van der Waals surface area (Å²) in [4.78, 5) is 42.8. The highest BCUT2D eigenvalue weighted by Crippen LogP contribution is 2.40. The Balaban J connectivity index is 1.42. The van der Waals surface area contributed by atoms with E-state index in [1.807, 2.05) is 62.0 Å². The molecule has 5 heterocycles. The predicted molar refractivity (Wildman–Crippen MR) is 159 cm³/mol. The van der Waals surface area contributed by atoms with Gasteiger partial charge < -0.3 is 19.5 Å². The number of benzene rings is 1. The summed E-state index contributed by atoms with van der Waals surface area (Å²) in [6.07, 6.45) is 7.73. The number of aryl methyl sites for hydroxylation is 2. The van der Waals surface area contributed by atoms with Crippen LogP contribution in [0.25, 0.3) is 22.2 Å². The molecule has 1 unspecified atom stereocenters. The second kappa shape index (κ2) is 10.3. The lowest BCUT2D eigenvalue weighted by molar-refractivity contribution is 0.0222. The van der Waals surface area contributed by atoms with Crippen molar-refractivity contribution in [2.24, 2.45) is 0 Å². The highest BCUT2D eigenvalue weighted by Gasteiger charge is 2.36. The molecular weight excluding hydrogens is 514 g/mol. The Bertz CT molecular complexity index is 1630. The van der Waals surface area contributed by atoms with Gasteiger partial charge in [0.05, 0.1) is 11.6 Å². The van der Waals surface area contributed by atoms with Gasteiger partial charge in [-0.15, -0.1) is 0 Å². The highest BCUT2D eigenvalue weighted by molar-refractivity contribution is 5.94. The molecule has 1 aromatic carbocycles. The van der Waals surface area contributed by atoms with Crippen molar-refractivity contribution in [3.8, 4) is 11.1 Å². The van der Waals surface area contributed by atoms with E-state index in [9.17, 15) is 9.59 Å². The van der Waals surface area contributed by atoms with Gasteiger partial charge in [0.1, 0.15) is 11.2 Å². The van der Waals surface area contributed by atoms with Crippen molar-refractivity contribution in [2.45, 2.75) is 72.1 Å². The van der Waals surface area contributed by atoms with Crippen molar-refractivity contribution >= 4 is 23.0 Å². The van der Waals surface area contributed by atoms with Gasteiger partial charge in [-0.1, -0.05) is 6.07 Å². The van der Waals surface area contributed by atoms with Crippen molar-refractivity contribution in [3.63, 3.8) is 0 Å². The van der Waals surface area contributed by atoms with E-state index < -0.39 is 5.60 Å². The number of ether oxygens (including phenoxy) is 1. The number of amides is 2. The van der Waals surface area contributed by atoms with Gasteiger partial charge in [-0.2, -0.15) is 0 Å². The SMILES string of the molecule is Cc1ccc(C(=O)N2CCc3cc(-c4cnc5[nH]cc(C)c5c4)cc(C4CCCN4C(=O)OC(C)(C)C)c3C2)cn1. The van der Waals surface area contributed by atoms with E-state index in [-0.39, 0.29) is 18.0 Å². The summed E-state index contributed by atoms with van der Waals surface area (Å²) in [7, 11) is 0. The number of H-pyrrole nitrogens is 1. The molecule has 8 heteroatoms. The van der Waals surface area contributed by atoms with Crippen LogP contribution < -0.4 is 0 Å². The summed E-state index contributed by atoms with van der Waals surface area (Å²) < 4.78 is 5.81. The Morgan fingerprint density at radius 1 is 1.02 bits per heavy atom. The second-order valence-corrected chi connectivity index (χ2v) is 12.3. The lowest BCUT2D eigenvalue weighted by Crippen LogP contribution is -2.39. The van der Waals surface area contributed by atoms with E-state index in [4.69, 9.17) is 4.74 Å². The average Bonchev–Trinajstić information content (AvgIpc) is 3.58. The largest absolute Gasteiger partial charge is 0.444 e. The van der Waals surface area contributed by atoms with E-state index in [1.54, 1.807) is 6.20 Å². The Kier molecular flexibility index (Phi) is 6.80. The molecule has 0 radical (unpaired) electrons. The molecule has 0 bridgehead atoms. The number of fused-ring (bicyclic) bond motifs is 2. The van der Waals surface area contributed by atoms with E-state index in [0.717, 1.165) is 63.8 Å². The van der Waals surface area contributed by atoms with Crippen LogP contribution in [0.2, 0.25) is 0 Å². The number of hydrogen-bond acceptors (Lipinski definition) is 5. The van der Waals surface area contributed by atoms with E-state index in [1.165, 1.54) is 5.56 Å². The summed E-state index contributed by atoms with van der Waals surface area (Å²) in [6.45, 7) is 11.4. The molecule has 1 N–H and O–H groups in total. The minimum Gasteiger partial charge on any atom is -0.444 e. The maximum absolute atomic E-state index is 13.5. The number of nitrogens with one attached hydrogen (secondary N) is 1. The van der Waals surface area contributed by atoms with Crippen LogP contribution in [-0.4, -0.2) is 55.4 Å². The topological polar surface area (TPSA) is 91.4 Å². The van der Waals surface area contributed by atoms with Crippen molar-refractivity contribution in [1.82, 2.24) is 24.8 Å². The molecule has 2 aliphatic rings. The van der Waals surface area contributed by atoms with E-state index in [0.29, 0.717) is 25.2 Å². The minimum atomic E-state index is -0.577. The van der Waals surface area contributed by atoms with Crippen LogP contribution in [0.4, 0.5) is 4.79 Å². The Morgan fingerprint density at radius 2 is 1.85 bits per heavy atom. The van der Waals surface area contributed by atoms with Gasteiger partial charge in [0.15, 0.2) is 0 Å². The van der Waals surface area contributed by atoms with Gasteiger partial charge in [0.2, 0.25) is 0 Å². The average molecular weight is 552 g/mol. The molecule has 2 amide bonds. The number of aromatic amines is 1. The first-order valence-electron chi connectivity index (χ1n) is 14.4. The van der Waals surface area contributed by atoms with Crippen LogP contribution in [0.1, 0.15) is 78.0 Å². The van der Waals surface area contributed by atoms with Crippen molar-refractivity contribution in [1.29, 1.82) is 0 Å². The van der Waals surface area contributed by atoms with Gasteiger partial charge in [-0.3, -0.25) is 9.78 Å². The molecule has 212 valence electrons. The molecule has 1 saturated heterocycles. The van der Waals surface area contributed by atoms with Gasteiger partial charge in [-0.25, -0.2) is 9.78 Å². The summed E-state index contributed by atoms with van der Waals surface area (Å²) >= 11 is 0. The number of rotatable bonds is 3. The number of aromatic nitrogens is 3. The summed E-state index contributed by atoms with van der Waals surface area (Å²) in [5, 5.41) is 1.10. The molecule has 0 spiro atoms. The third kappa shape index (κ3) is 5.31. The van der Waals surface area contributed by atoms with Crippen LogP contribution in [0, 0.1) is 13.8 Å². The molecule has 8 nitrogen and oxygen atoms in total. The first-order chi connectivity index (χ1) is 19.6. The maximum Gasteiger partial charge on any atom is 0.410 e. The standard InChI is InChI=1S/C33H37N5O3/c1-20-16-35-30-26(20)15-25(18-36-30)24-13-22-10-12-37(31(39)23-9-8-21(2)34-17-23)19-28(22)27(14-24)29-7-6-11-38(29)32(40)41-33(3,4)5/h8-9,13-18,29H,6-7,10-12,19H2,1-5H3,(H,35,36). The first kappa shape index (κ1) is 27.0. The lowest BCUT2D eigenvalue weighted by Gasteiger charge is -2.35. The number of nitrogens with zero attached hydrogens (tertiary/aromatic N) is 4. The van der Waals surface area contributed by atoms with E-state index in [2.05, 4.69) is 40.1 Å². The van der Waals surface area contributed by atoms with Gasteiger partial charge in [0, 0.05) is 54.9 Å². The molecule has 4 aromatic rings. The highest BCUT2D eigenvalue weighted by atomic mass is 16.6. The zero-order valence-corrected chi connectivity index (χ0v) is 24.5. The fourth-order valence-electron chi connectivity index (χ4n) is 6.03. The van der Waals surface area contributed by atoms with Crippen LogP contribution >= 0.6 is 0 Å². The monoisotopic (exact) mass is 551 g/mol. The molecule has 2 aliphatic heterocycles. The van der Waals surface area contributed by atoms with E-state index >= 15 is 0 Å². The number of pyridine rings is 2. The van der Waals surface area contributed by atoms with Crippen LogP contribution in [0.5, 0.6) is 0 Å². The molecule has 41 heavy (non-hydrogen) atoms. The molecule has 0 aliphatic carbocycles. The predicted octanol–water partition coefficient (Wildman–Crippen LogP) is 6.51. The molecule has 1 fully saturated rings. The summed E-state index contributed by atoms with van der Waals surface area (Å²) in [6, 6.07) is 10.2. The Hall–Kier alpha value is -4.20. The van der Waals surface area contributed by atoms with Gasteiger partial charge in [0.25, 0.3) is 5.91 Å². The molecule has 1 atom stereocenters. The number of carbonyl (C=O) groups is 2. The summed E-state index contributed by atoms with van der Waals surface area (Å²) in [5.41, 5.74) is 8.46. The minimum absolute atomic E-state index is 0.0221. The normalized spacial score (nSPS) is 17.1. The van der Waals surface area contributed by atoms with Crippen LogP contribution in [0.3, 0.4) is 0 Å². The third-order valence-corrected chi connectivity index (χ3v) is 8.13. The van der Waals surface area contributed by atoms with Gasteiger partial charge in [-0.05, 0) is 106 Å². The molecule has 6 rings (SSSR count). The third-order valence-electron chi connectivity index (χ3n) is 8.13. The second-order valence-electron chi connectivity index (χ2n) is 12.3. The fourth-order valence-corrected chi connectivity index (χ4v) is 6.03. The molecule has 3 aromatic heterocycles. The lowest BCUT2D eigenvalue weighted by atomic mass is 9.86. The molecular formula is C33H37N5O3. The quantitative estimate of drug-likeness (QED) is 0.313. The zero-order valence-electron chi connectivity index (χ0n) is 24.5. The van der Waals surface area contributed by atoms with Crippen LogP contribution in [-0.2, 0) is 17.7 Å². The smallest absolute Gasteiger partial charge is 0.410 e. The van der Waals surface area contributed by atoms with Crippen molar-refractivity contribution in [3.05, 3.63) is 82.4 Å². The fraction of sp³-hybridized carbons (Fsp3) is 0.394. The summed E-state index contributed by atoms with van der Waals surface area (Å²) in [5.74, 6) is -0.0221. The number of hydrogen-bond donors (Lipinski definition) is 1. The van der Waals surface area contributed by atoms with Gasteiger partial charge >= 0.3 is 6.09 Å². The zero-order chi connectivity index (χ0) is 28.9. The van der Waals surface area contributed by atoms with Crippen molar-refractivity contribution < 1.29 is 14.3 Å². The Labute approximate surface area is 240 Å². The van der Waals surface area contributed by atoms with Crippen LogP contribution in [0.15, 0.2) is 48.9 Å². The molecule has 0 saturated carbocycles. The van der Waals surface area contributed by atoms with Crippen molar-refractivity contribution in [2.75, 3.05) is 13.1 Å². The number of likely N-dealkylation sites (tertiary alicyclic amines) is 1. The number of carbonyl (C=O) groups excluding carboxylic acids is 2. The maximum atomic E-state index is 13.5.